The van der Waals surface area contributed by atoms with Gasteiger partial charge in [0.25, 0.3) is 0 Å². The van der Waals surface area contributed by atoms with E-state index in [0.29, 0.717) is 17.7 Å². The lowest BCUT2D eigenvalue weighted by Crippen LogP contribution is -2.31. The van der Waals surface area contributed by atoms with Crippen LogP contribution in [0.15, 0.2) is 40.8 Å². The van der Waals surface area contributed by atoms with Gasteiger partial charge in [0.1, 0.15) is 11.6 Å². The standard InChI is InChI=1S/C19H24N6O2/c1-13(2)25(14(3)4)23-21-18-17(10-20)12-24(22-18)11-15-6-8-16(9-7-15)19(26)27-5/h6-9,12-14H,11H2,1-5H3. The zero-order chi connectivity index (χ0) is 20.0. The van der Waals surface area contributed by atoms with E-state index in [4.69, 9.17) is 0 Å². The van der Waals surface area contributed by atoms with Crippen molar-refractivity contribution in [2.45, 2.75) is 46.3 Å². The maximum absolute atomic E-state index is 11.5. The Morgan fingerprint density at radius 1 is 1.26 bits per heavy atom. The van der Waals surface area contributed by atoms with Gasteiger partial charge in [0.2, 0.25) is 5.82 Å². The molecule has 8 heteroatoms. The first-order valence-electron chi connectivity index (χ1n) is 8.70. The van der Waals surface area contributed by atoms with Crippen LogP contribution in [0.25, 0.3) is 0 Å². The minimum atomic E-state index is -0.380. The molecule has 1 aromatic carbocycles. The number of carbonyl (C=O) groups excluding carboxylic acids is 1. The van der Waals surface area contributed by atoms with Crippen LogP contribution in [0.1, 0.15) is 49.2 Å². The predicted octanol–water partition coefficient (Wildman–Crippen LogP) is 3.71. The SMILES string of the molecule is COC(=O)c1ccc(Cn2cc(C#N)c(N=NN(C(C)C)C(C)C)n2)cc1. The number of benzene rings is 1. The molecule has 0 saturated carbocycles. The molecule has 0 aliphatic heterocycles. The first-order valence-corrected chi connectivity index (χ1v) is 8.70. The average Bonchev–Trinajstić information content (AvgIpc) is 3.03. The predicted molar refractivity (Wildman–Crippen MR) is 100 cm³/mol. The van der Waals surface area contributed by atoms with Crippen LogP contribution in [0.5, 0.6) is 0 Å². The molecule has 1 aromatic heterocycles. The molecular weight excluding hydrogens is 344 g/mol. The van der Waals surface area contributed by atoms with Gasteiger partial charge in [-0.25, -0.2) is 4.79 Å². The summed E-state index contributed by atoms with van der Waals surface area (Å²) in [6, 6.07) is 9.51. The molecule has 8 nitrogen and oxygen atoms in total. The van der Waals surface area contributed by atoms with Crippen LogP contribution >= 0.6 is 0 Å². The van der Waals surface area contributed by atoms with E-state index in [-0.39, 0.29) is 23.9 Å². The van der Waals surface area contributed by atoms with Gasteiger partial charge in [-0.1, -0.05) is 17.4 Å². The number of methoxy groups -OCH3 is 1. The van der Waals surface area contributed by atoms with Crippen molar-refractivity contribution in [2.75, 3.05) is 7.11 Å². The number of rotatable bonds is 7. The Kier molecular flexibility index (Phi) is 6.66. The molecule has 0 amide bonds. The number of nitriles is 1. The highest BCUT2D eigenvalue weighted by Gasteiger charge is 2.13. The summed E-state index contributed by atoms with van der Waals surface area (Å²) in [5.74, 6) is -0.0926. The van der Waals surface area contributed by atoms with E-state index < -0.39 is 0 Å². The largest absolute Gasteiger partial charge is 0.465 e. The molecule has 0 unspecified atom stereocenters. The third kappa shape index (κ3) is 5.14. The fourth-order valence-corrected chi connectivity index (χ4v) is 2.59. The van der Waals surface area contributed by atoms with Gasteiger partial charge in [0.15, 0.2) is 0 Å². The zero-order valence-corrected chi connectivity index (χ0v) is 16.2. The highest BCUT2D eigenvalue weighted by Crippen LogP contribution is 2.19. The molecule has 0 bridgehead atoms. The number of ether oxygens (including phenoxy) is 1. The number of hydrogen-bond acceptors (Lipinski definition) is 6. The topological polar surface area (TPSA) is 95.9 Å². The Hall–Kier alpha value is -3.21. The first-order chi connectivity index (χ1) is 12.8. The molecule has 27 heavy (non-hydrogen) atoms. The van der Waals surface area contributed by atoms with E-state index in [0.717, 1.165) is 5.56 Å². The number of aromatic nitrogens is 2. The van der Waals surface area contributed by atoms with Gasteiger partial charge in [-0.15, -0.1) is 10.2 Å². The quantitative estimate of drug-likeness (QED) is 0.422. The summed E-state index contributed by atoms with van der Waals surface area (Å²) in [4.78, 5) is 11.5. The Labute approximate surface area is 159 Å². The molecule has 2 rings (SSSR count). The van der Waals surface area contributed by atoms with Crippen molar-refractivity contribution in [1.82, 2.24) is 14.8 Å². The third-order valence-corrected chi connectivity index (χ3v) is 3.88. The van der Waals surface area contributed by atoms with Gasteiger partial charge in [0, 0.05) is 18.3 Å². The van der Waals surface area contributed by atoms with Gasteiger partial charge in [-0.05, 0) is 45.4 Å². The van der Waals surface area contributed by atoms with Crippen LogP contribution in [0.2, 0.25) is 0 Å². The van der Waals surface area contributed by atoms with Crippen LogP contribution in [0.4, 0.5) is 5.82 Å². The molecule has 142 valence electrons. The molecule has 0 aliphatic rings. The van der Waals surface area contributed by atoms with Gasteiger partial charge < -0.3 is 4.74 Å². The van der Waals surface area contributed by atoms with E-state index in [1.807, 2.05) is 44.8 Å². The van der Waals surface area contributed by atoms with Gasteiger partial charge in [-0.2, -0.15) is 5.26 Å². The van der Waals surface area contributed by atoms with E-state index >= 15 is 0 Å². The van der Waals surface area contributed by atoms with E-state index in [9.17, 15) is 10.1 Å². The summed E-state index contributed by atoms with van der Waals surface area (Å²) >= 11 is 0. The van der Waals surface area contributed by atoms with Crippen LogP contribution in [0, 0.1) is 11.3 Å². The number of nitrogens with zero attached hydrogens (tertiary/aromatic N) is 6. The summed E-state index contributed by atoms with van der Waals surface area (Å²) in [5.41, 5.74) is 1.78. The minimum absolute atomic E-state index is 0.190. The van der Waals surface area contributed by atoms with Crippen molar-refractivity contribution in [3.63, 3.8) is 0 Å². The minimum Gasteiger partial charge on any atom is -0.465 e. The van der Waals surface area contributed by atoms with E-state index in [1.54, 1.807) is 23.0 Å². The van der Waals surface area contributed by atoms with Crippen LogP contribution in [-0.2, 0) is 11.3 Å². The maximum atomic E-state index is 11.5. The molecule has 1 heterocycles. The lowest BCUT2D eigenvalue weighted by atomic mass is 10.1. The summed E-state index contributed by atoms with van der Waals surface area (Å²) in [7, 11) is 1.35. The molecule has 0 spiro atoms. The summed E-state index contributed by atoms with van der Waals surface area (Å²) in [6.45, 7) is 8.56. The van der Waals surface area contributed by atoms with Crippen molar-refractivity contribution in [3.05, 3.63) is 47.2 Å². The molecule has 2 aromatic rings. The Bertz CT molecular complexity index is 838. The second-order valence-electron chi connectivity index (χ2n) is 6.62. The zero-order valence-electron chi connectivity index (χ0n) is 16.2. The van der Waals surface area contributed by atoms with Gasteiger partial charge in [0.05, 0.1) is 19.2 Å². The van der Waals surface area contributed by atoms with Crippen LogP contribution < -0.4 is 0 Å². The summed E-state index contributed by atoms with van der Waals surface area (Å²) in [5, 5.41) is 24.0. The van der Waals surface area contributed by atoms with Crippen LogP contribution in [-0.4, -0.2) is 40.0 Å². The van der Waals surface area contributed by atoms with Crippen molar-refractivity contribution in [3.8, 4) is 6.07 Å². The number of carbonyl (C=O) groups is 1. The first kappa shape index (κ1) is 20.1. The van der Waals surface area contributed by atoms with E-state index in [1.165, 1.54) is 7.11 Å². The molecule has 0 saturated heterocycles. The molecule has 0 atom stereocenters. The lowest BCUT2D eigenvalue weighted by Gasteiger charge is -2.25. The monoisotopic (exact) mass is 368 g/mol. The summed E-state index contributed by atoms with van der Waals surface area (Å²) < 4.78 is 6.32. The highest BCUT2D eigenvalue weighted by atomic mass is 16.5. The molecular formula is C19H24N6O2. The Morgan fingerprint density at radius 3 is 2.41 bits per heavy atom. The van der Waals surface area contributed by atoms with Crippen LogP contribution in [0.3, 0.4) is 0 Å². The molecule has 0 aliphatic carbocycles. The number of hydrogen-bond donors (Lipinski definition) is 0. The highest BCUT2D eigenvalue weighted by molar-refractivity contribution is 5.89. The average molecular weight is 368 g/mol. The van der Waals surface area contributed by atoms with Crippen molar-refractivity contribution in [1.29, 1.82) is 5.26 Å². The van der Waals surface area contributed by atoms with Gasteiger partial charge >= 0.3 is 5.97 Å². The second-order valence-corrected chi connectivity index (χ2v) is 6.62. The fourth-order valence-electron chi connectivity index (χ4n) is 2.59. The smallest absolute Gasteiger partial charge is 0.337 e. The summed E-state index contributed by atoms with van der Waals surface area (Å²) in [6.07, 6.45) is 1.64. The van der Waals surface area contributed by atoms with Crippen molar-refractivity contribution in [2.24, 2.45) is 10.3 Å². The van der Waals surface area contributed by atoms with Crippen molar-refractivity contribution < 1.29 is 9.53 Å². The van der Waals surface area contributed by atoms with Crippen molar-refractivity contribution >= 4 is 11.8 Å². The normalized spacial score (nSPS) is 11.2. The maximum Gasteiger partial charge on any atom is 0.337 e. The second kappa shape index (κ2) is 8.94. The lowest BCUT2D eigenvalue weighted by molar-refractivity contribution is 0.0600. The van der Waals surface area contributed by atoms with E-state index in [2.05, 4.69) is 26.2 Å². The fraction of sp³-hybridized carbons (Fsp3) is 0.421. The number of esters is 1. The van der Waals surface area contributed by atoms with Gasteiger partial charge in [-0.3, -0.25) is 9.69 Å². The Morgan fingerprint density at radius 2 is 1.89 bits per heavy atom. The molecule has 0 radical (unpaired) electrons. The molecule has 0 fully saturated rings. The Balaban J connectivity index is 2.18. The third-order valence-electron chi connectivity index (χ3n) is 3.88. The molecule has 0 N–H and O–H groups in total.